The van der Waals surface area contributed by atoms with Crippen LogP contribution in [-0.2, 0) is 14.4 Å². The molecule has 0 aliphatic heterocycles. The second-order valence-corrected chi connectivity index (χ2v) is 3.81. The van der Waals surface area contributed by atoms with Gasteiger partial charge in [-0.3, -0.25) is 14.4 Å². The van der Waals surface area contributed by atoms with Crippen molar-refractivity contribution in [2.24, 2.45) is 5.10 Å². The number of benzene rings is 1. The Hall–Kier alpha value is -2.70. The molecule has 0 aromatic heterocycles. The van der Waals surface area contributed by atoms with Crippen LogP contribution in [0.5, 0.6) is 11.5 Å². The van der Waals surface area contributed by atoms with Crippen LogP contribution in [0.15, 0.2) is 23.3 Å². The minimum atomic E-state index is -0.529. The lowest BCUT2D eigenvalue weighted by atomic mass is 10.2. The Bertz CT molecular complexity index is 566. The number of rotatable bonds is 4. The molecular weight excluding hydrogens is 264 g/mol. The molecule has 1 N–H and O–H groups in total. The van der Waals surface area contributed by atoms with Gasteiger partial charge in [0, 0.05) is 32.4 Å². The molecule has 1 aromatic carbocycles. The van der Waals surface area contributed by atoms with Crippen molar-refractivity contribution in [3.05, 3.63) is 23.8 Å². The van der Waals surface area contributed by atoms with Crippen molar-refractivity contribution in [2.75, 3.05) is 0 Å². The third-order valence-electron chi connectivity index (χ3n) is 1.93. The van der Waals surface area contributed by atoms with Crippen molar-refractivity contribution in [1.82, 2.24) is 5.43 Å². The molecule has 0 unspecified atom stereocenters. The standard InChI is InChI=1S/C13H14N2O5/c1-8(16)15-14-7-11-4-5-12(19-9(2)17)6-13(11)20-10(3)18/h4-7H,1-3H3,(H,15,16)/b14-7+. The molecule has 0 bridgehead atoms. The van der Waals surface area contributed by atoms with Crippen LogP contribution >= 0.6 is 0 Å². The molecular formula is C13H14N2O5. The van der Waals surface area contributed by atoms with Gasteiger partial charge in [-0.15, -0.1) is 0 Å². The zero-order valence-electron chi connectivity index (χ0n) is 11.3. The quantitative estimate of drug-likeness (QED) is 0.384. The van der Waals surface area contributed by atoms with E-state index in [0.29, 0.717) is 5.56 Å². The second-order valence-electron chi connectivity index (χ2n) is 3.81. The molecule has 20 heavy (non-hydrogen) atoms. The lowest BCUT2D eigenvalue weighted by Gasteiger charge is -2.08. The molecule has 7 nitrogen and oxygen atoms in total. The fourth-order valence-electron chi connectivity index (χ4n) is 1.29. The van der Waals surface area contributed by atoms with E-state index in [1.165, 1.54) is 39.1 Å². The summed E-state index contributed by atoms with van der Waals surface area (Å²) in [6.45, 7) is 3.82. The Morgan fingerprint density at radius 3 is 2.30 bits per heavy atom. The molecule has 0 saturated carbocycles. The number of hydrogen-bond donors (Lipinski definition) is 1. The molecule has 7 heteroatoms. The Labute approximate surface area is 115 Å². The maximum atomic E-state index is 11.0. The Morgan fingerprint density at radius 1 is 1.10 bits per heavy atom. The summed E-state index contributed by atoms with van der Waals surface area (Å²) in [6.07, 6.45) is 1.32. The predicted molar refractivity (Wildman–Crippen MR) is 70.5 cm³/mol. The molecule has 0 spiro atoms. The van der Waals surface area contributed by atoms with Gasteiger partial charge in [-0.25, -0.2) is 5.43 Å². The fraction of sp³-hybridized carbons (Fsp3) is 0.231. The van der Waals surface area contributed by atoms with Gasteiger partial charge in [0.1, 0.15) is 11.5 Å². The summed E-state index contributed by atoms with van der Waals surface area (Å²) in [6, 6.07) is 4.45. The van der Waals surface area contributed by atoms with Gasteiger partial charge in [0.15, 0.2) is 0 Å². The van der Waals surface area contributed by atoms with E-state index in [4.69, 9.17) is 9.47 Å². The van der Waals surface area contributed by atoms with Crippen molar-refractivity contribution < 1.29 is 23.9 Å². The summed E-state index contributed by atoms with van der Waals surface area (Å²) < 4.78 is 9.88. The molecule has 0 aliphatic carbocycles. The minimum Gasteiger partial charge on any atom is -0.427 e. The van der Waals surface area contributed by atoms with Crippen LogP contribution < -0.4 is 14.9 Å². The summed E-state index contributed by atoms with van der Waals surface area (Å²) in [5.41, 5.74) is 2.67. The number of carbonyl (C=O) groups is 3. The Morgan fingerprint density at radius 2 is 1.75 bits per heavy atom. The summed E-state index contributed by atoms with van der Waals surface area (Å²) in [5, 5.41) is 3.68. The van der Waals surface area contributed by atoms with Gasteiger partial charge < -0.3 is 9.47 Å². The van der Waals surface area contributed by atoms with Crippen LogP contribution in [0.3, 0.4) is 0 Å². The SMILES string of the molecule is CC(=O)N/N=C/c1ccc(OC(C)=O)cc1OC(C)=O. The smallest absolute Gasteiger partial charge is 0.308 e. The van der Waals surface area contributed by atoms with Crippen LogP contribution in [0, 0.1) is 0 Å². The molecule has 1 aromatic rings. The van der Waals surface area contributed by atoms with Crippen LogP contribution in [-0.4, -0.2) is 24.1 Å². The number of nitrogens with one attached hydrogen (secondary N) is 1. The summed E-state index contributed by atoms with van der Waals surface area (Å²) in [5.74, 6) is -0.930. The predicted octanol–water partition coefficient (Wildman–Crippen LogP) is 1.01. The molecule has 0 radical (unpaired) electrons. The molecule has 0 fully saturated rings. The maximum Gasteiger partial charge on any atom is 0.308 e. The Kier molecular flexibility index (Phi) is 5.40. The monoisotopic (exact) mass is 278 g/mol. The summed E-state index contributed by atoms with van der Waals surface area (Å²) >= 11 is 0. The van der Waals surface area contributed by atoms with Gasteiger partial charge in [0.25, 0.3) is 0 Å². The number of amides is 1. The van der Waals surface area contributed by atoms with E-state index in [2.05, 4.69) is 10.5 Å². The van der Waals surface area contributed by atoms with Crippen molar-refractivity contribution in [1.29, 1.82) is 0 Å². The second kappa shape index (κ2) is 7.03. The largest absolute Gasteiger partial charge is 0.427 e. The highest BCUT2D eigenvalue weighted by Gasteiger charge is 2.08. The van der Waals surface area contributed by atoms with Gasteiger partial charge in [-0.2, -0.15) is 5.10 Å². The molecule has 1 amide bonds. The first-order valence-corrected chi connectivity index (χ1v) is 5.69. The number of carbonyl (C=O) groups excluding carboxylic acids is 3. The van der Waals surface area contributed by atoms with Crippen molar-refractivity contribution in [3.8, 4) is 11.5 Å². The minimum absolute atomic E-state index is 0.172. The maximum absolute atomic E-state index is 11.0. The number of esters is 2. The van der Waals surface area contributed by atoms with Gasteiger partial charge in [0.2, 0.25) is 5.91 Å². The van der Waals surface area contributed by atoms with E-state index in [0.717, 1.165) is 0 Å². The highest BCUT2D eigenvalue weighted by atomic mass is 16.5. The number of hydrogen-bond acceptors (Lipinski definition) is 6. The van der Waals surface area contributed by atoms with Crippen molar-refractivity contribution in [3.63, 3.8) is 0 Å². The molecule has 0 heterocycles. The molecule has 0 atom stereocenters. The number of ether oxygens (including phenoxy) is 2. The van der Waals surface area contributed by atoms with E-state index in [-0.39, 0.29) is 17.4 Å². The van der Waals surface area contributed by atoms with Gasteiger partial charge in [-0.05, 0) is 12.1 Å². The first-order valence-electron chi connectivity index (χ1n) is 5.69. The average Bonchev–Trinajstić information content (AvgIpc) is 2.29. The van der Waals surface area contributed by atoms with Crippen LogP contribution in [0.1, 0.15) is 26.3 Å². The normalized spacial score (nSPS) is 10.2. The molecule has 0 aliphatic rings. The first-order chi connectivity index (χ1) is 9.38. The summed E-state index contributed by atoms with van der Waals surface area (Å²) in [4.78, 5) is 32.6. The Balaban J connectivity index is 3.02. The van der Waals surface area contributed by atoms with E-state index < -0.39 is 11.9 Å². The lowest BCUT2D eigenvalue weighted by molar-refractivity contribution is -0.132. The molecule has 0 saturated heterocycles. The van der Waals surface area contributed by atoms with Gasteiger partial charge >= 0.3 is 11.9 Å². The number of hydrazone groups is 1. The van der Waals surface area contributed by atoms with Gasteiger partial charge in [0.05, 0.1) is 6.21 Å². The van der Waals surface area contributed by atoms with Gasteiger partial charge in [-0.1, -0.05) is 0 Å². The van der Waals surface area contributed by atoms with E-state index in [1.807, 2.05) is 0 Å². The van der Waals surface area contributed by atoms with Crippen LogP contribution in [0.25, 0.3) is 0 Å². The first kappa shape index (κ1) is 15.4. The lowest BCUT2D eigenvalue weighted by Crippen LogP contribution is -2.12. The average molecular weight is 278 g/mol. The fourth-order valence-corrected chi connectivity index (χ4v) is 1.29. The van der Waals surface area contributed by atoms with Crippen LogP contribution in [0.2, 0.25) is 0 Å². The van der Waals surface area contributed by atoms with Crippen LogP contribution in [0.4, 0.5) is 0 Å². The third kappa shape index (κ3) is 5.30. The highest BCUT2D eigenvalue weighted by molar-refractivity contribution is 5.87. The molecule has 106 valence electrons. The molecule has 1 rings (SSSR count). The van der Waals surface area contributed by atoms with Crippen molar-refractivity contribution >= 4 is 24.1 Å². The highest BCUT2D eigenvalue weighted by Crippen LogP contribution is 2.24. The van der Waals surface area contributed by atoms with E-state index in [9.17, 15) is 14.4 Å². The zero-order valence-corrected chi connectivity index (χ0v) is 11.3. The summed E-state index contributed by atoms with van der Waals surface area (Å²) in [7, 11) is 0. The number of nitrogens with zero attached hydrogens (tertiary/aromatic N) is 1. The third-order valence-corrected chi connectivity index (χ3v) is 1.93. The van der Waals surface area contributed by atoms with E-state index >= 15 is 0 Å². The topological polar surface area (TPSA) is 94.1 Å². The zero-order chi connectivity index (χ0) is 15.1. The van der Waals surface area contributed by atoms with Crippen molar-refractivity contribution in [2.45, 2.75) is 20.8 Å². The van der Waals surface area contributed by atoms with E-state index in [1.54, 1.807) is 6.07 Å².